The van der Waals surface area contributed by atoms with Crippen LogP contribution in [0.5, 0.6) is 5.75 Å². The predicted octanol–water partition coefficient (Wildman–Crippen LogP) is 6.54. The molecule has 4 aromatic rings. The highest BCUT2D eigenvalue weighted by Gasteiger charge is 2.48. The summed E-state index contributed by atoms with van der Waals surface area (Å²) in [7, 11) is 0. The second-order valence-electron chi connectivity index (χ2n) is 8.64. The van der Waals surface area contributed by atoms with Crippen LogP contribution >= 0.6 is 22.9 Å². The third-order valence-electron chi connectivity index (χ3n) is 6.13. The van der Waals surface area contributed by atoms with Crippen LogP contribution in [0.4, 0.5) is 5.13 Å². The number of carbonyl (C=O) groups excluding carboxylic acids is 2. The number of hydrogen-bond acceptors (Lipinski definition) is 7. The van der Waals surface area contributed by atoms with Crippen molar-refractivity contribution >= 4 is 55.7 Å². The largest absolute Gasteiger partial charge is 0.507 e. The molecule has 2 aromatic carbocycles. The highest BCUT2D eigenvalue weighted by molar-refractivity contribution is 7.22. The first-order valence-corrected chi connectivity index (χ1v) is 13.2. The van der Waals surface area contributed by atoms with Gasteiger partial charge in [0.25, 0.3) is 5.78 Å². The lowest BCUT2D eigenvalue weighted by atomic mass is 9.95. The molecular weight excluding hydrogens is 510 g/mol. The van der Waals surface area contributed by atoms with Gasteiger partial charge in [-0.3, -0.25) is 19.5 Å². The lowest BCUT2D eigenvalue weighted by Gasteiger charge is -2.23. The number of aliphatic hydroxyl groups excluding tert-OH is 1. The summed E-state index contributed by atoms with van der Waals surface area (Å²) in [5.74, 6) is -1.20. The fraction of sp³-hybridized carbons (Fsp3) is 0.214. The molecule has 5 rings (SSSR count). The van der Waals surface area contributed by atoms with Gasteiger partial charge in [-0.05, 0) is 54.4 Å². The second kappa shape index (κ2) is 10.7. The van der Waals surface area contributed by atoms with E-state index in [9.17, 15) is 14.7 Å². The van der Waals surface area contributed by atoms with Crippen molar-refractivity contribution in [2.45, 2.75) is 32.2 Å². The van der Waals surface area contributed by atoms with Gasteiger partial charge >= 0.3 is 5.91 Å². The maximum absolute atomic E-state index is 13.4. The Labute approximate surface area is 223 Å². The van der Waals surface area contributed by atoms with Gasteiger partial charge in [-0.2, -0.15) is 0 Å². The summed E-state index contributed by atoms with van der Waals surface area (Å²) in [5, 5.41) is 12.1. The van der Waals surface area contributed by atoms with E-state index in [1.807, 2.05) is 18.2 Å². The number of hydrogen-bond donors (Lipinski definition) is 1. The SMILES string of the molecule is CCCCCOc1cccc(C2C(=C(O)c3ccncc3)C(=O)C(=O)N2c2nc3ccc(Cl)cc3s2)c1. The van der Waals surface area contributed by atoms with E-state index in [0.717, 1.165) is 24.0 Å². The summed E-state index contributed by atoms with van der Waals surface area (Å²) in [4.78, 5) is 36.8. The quantitative estimate of drug-likeness (QED) is 0.120. The van der Waals surface area contributed by atoms with Crippen LogP contribution in [0.1, 0.15) is 43.4 Å². The Kier molecular flexibility index (Phi) is 7.21. The van der Waals surface area contributed by atoms with Crippen molar-refractivity contribution in [3.63, 3.8) is 0 Å². The maximum atomic E-state index is 13.4. The van der Waals surface area contributed by atoms with Gasteiger partial charge in [0.1, 0.15) is 11.5 Å². The van der Waals surface area contributed by atoms with Crippen LogP contribution in [-0.2, 0) is 9.59 Å². The van der Waals surface area contributed by atoms with Crippen molar-refractivity contribution < 1.29 is 19.4 Å². The summed E-state index contributed by atoms with van der Waals surface area (Å²) in [6.07, 6.45) is 6.10. The number of nitrogens with zero attached hydrogens (tertiary/aromatic N) is 3. The van der Waals surface area contributed by atoms with Crippen LogP contribution in [0.15, 0.2) is 72.6 Å². The number of benzene rings is 2. The molecule has 1 aliphatic heterocycles. The molecule has 2 aromatic heterocycles. The van der Waals surface area contributed by atoms with Gasteiger partial charge in [0, 0.05) is 23.0 Å². The van der Waals surface area contributed by atoms with Crippen LogP contribution in [0.2, 0.25) is 5.02 Å². The third kappa shape index (κ3) is 4.95. The molecule has 3 heterocycles. The molecule has 1 aliphatic rings. The van der Waals surface area contributed by atoms with E-state index in [0.29, 0.717) is 39.2 Å². The van der Waals surface area contributed by atoms with Crippen LogP contribution in [0.3, 0.4) is 0 Å². The van der Waals surface area contributed by atoms with Crippen molar-refractivity contribution in [2.24, 2.45) is 0 Å². The number of carbonyl (C=O) groups is 2. The predicted molar refractivity (Wildman–Crippen MR) is 145 cm³/mol. The lowest BCUT2D eigenvalue weighted by Crippen LogP contribution is -2.29. The van der Waals surface area contributed by atoms with Gasteiger partial charge in [0.15, 0.2) is 5.13 Å². The summed E-state index contributed by atoms with van der Waals surface area (Å²) < 4.78 is 6.72. The first-order valence-electron chi connectivity index (χ1n) is 12.0. The second-order valence-corrected chi connectivity index (χ2v) is 10.1. The molecule has 1 fully saturated rings. The smallest absolute Gasteiger partial charge is 0.301 e. The van der Waals surface area contributed by atoms with E-state index in [4.69, 9.17) is 16.3 Å². The van der Waals surface area contributed by atoms with Crippen LogP contribution in [0.25, 0.3) is 16.0 Å². The minimum atomic E-state index is -0.900. The van der Waals surface area contributed by atoms with Crippen molar-refractivity contribution in [3.05, 3.63) is 88.7 Å². The number of amides is 1. The van der Waals surface area contributed by atoms with Crippen LogP contribution in [0, 0.1) is 0 Å². The average Bonchev–Trinajstić information content (AvgIpc) is 3.44. The van der Waals surface area contributed by atoms with Gasteiger partial charge in [-0.25, -0.2) is 4.98 Å². The number of halogens is 1. The maximum Gasteiger partial charge on any atom is 0.301 e. The summed E-state index contributed by atoms with van der Waals surface area (Å²) in [5.41, 5.74) is 1.66. The number of thiazole rings is 1. The molecule has 0 radical (unpaired) electrons. The van der Waals surface area contributed by atoms with Crippen molar-refractivity contribution in [1.82, 2.24) is 9.97 Å². The number of pyridine rings is 1. The number of ketones is 1. The van der Waals surface area contributed by atoms with Gasteiger partial charge in [0.05, 0.1) is 28.4 Å². The molecule has 0 saturated carbocycles. The number of anilines is 1. The molecule has 1 unspecified atom stereocenters. The van der Waals surface area contributed by atoms with E-state index >= 15 is 0 Å². The standard InChI is InChI=1S/C28H24ClN3O4S/c1-2-3-4-14-36-20-7-5-6-18(15-20)24-23(25(33)17-10-12-30-13-11-17)26(34)27(35)32(24)28-31-21-9-8-19(29)16-22(21)37-28/h5-13,15-16,24,33H,2-4,14H2,1H3. The third-order valence-corrected chi connectivity index (χ3v) is 7.39. The summed E-state index contributed by atoms with van der Waals surface area (Å²) >= 11 is 7.42. The Morgan fingerprint density at radius 3 is 2.70 bits per heavy atom. The number of unbranched alkanes of at least 4 members (excludes halogenated alkanes) is 2. The van der Waals surface area contributed by atoms with E-state index < -0.39 is 17.7 Å². The van der Waals surface area contributed by atoms with Gasteiger partial charge in [0.2, 0.25) is 0 Å². The number of fused-ring (bicyclic) bond motifs is 1. The summed E-state index contributed by atoms with van der Waals surface area (Å²) in [6, 6.07) is 14.8. The molecular formula is C28H24ClN3O4S. The Morgan fingerprint density at radius 2 is 1.92 bits per heavy atom. The van der Waals surface area contributed by atoms with Gasteiger partial charge in [-0.15, -0.1) is 0 Å². The number of ether oxygens (including phenoxy) is 1. The van der Waals surface area contributed by atoms with E-state index in [1.165, 1.54) is 28.6 Å². The first kappa shape index (κ1) is 24.9. The molecule has 9 heteroatoms. The Hall–Kier alpha value is -3.75. The fourth-order valence-electron chi connectivity index (χ4n) is 4.32. The molecule has 0 spiro atoms. The Balaban J connectivity index is 1.64. The molecule has 1 saturated heterocycles. The van der Waals surface area contributed by atoms with Crippen LogP contribution in [-0.4, -0.2) is 33.4 Å². The molecule has 1 N–H and O–H groups in total. The van der Waals surface area contributed by atoms with Crippen molar-refractivity contribution in [3.8, 4) is 5.75 Å². The molecule has 188 valence electrons. The normalized spacial score (nSPS) is 17.0. The topological polar surface area (TPSA) is 92.6 Å². The van der Waals surface area contributed by atoms with E-state index in [1.54, 1.807) is 36.4 Å². The zero-order valence-electron chi connectivity index (χ0n) is 20.1. The Morgan fingerprint density at radius 1 is 1.11 bits per heavy atom. The highest BCUT2D eigenvalue weighted by atomic mass is 35.5. The van der Waals surface area contributed by atoms with Crippen molar-refractivity contribution in [2.75, 3.05) is 11.5 Å². The molecule has 0 bridgehead atoms. The number of aliphatic hydroxyl groups is 1. The summed E-state index contributed by atoms with van der Waals surface area (Å²) in [6.45, 7) is 2.69. The molecule has 37 heavy (non-hydrogen) atoms. The minimum Gasteiger partial charge on any atom is -0.507 e. The zero-order chi connectivity index (χ0) is 25.9. The Bertz CT molecular complexity index is 1500. The fourth-order valence-corrected chi connectivity index (χ4v) is 5.58. The minimum absolute atomic E-state index is 0.0170. The van der Waals surface area contributed by atoms with Gasteiger partial charge < -0.3 is 9.84 Å². The zero-order valence-corrected chi connectivity index (χ0v) is 21.6. The van der Waals surface area contributed by atoms with Gasteiger partial charge in [-0.1, -0.05) is 54.8 Å². The van der Waals surface area contributed by atoms with Crippen molar-refractivity contribution in [1.29, 1.82) is 0 Å². The van der Waals surface area contributed by atoms with E-state index in [2.05, 4.69) is 16.9 Å². The number of rotatable bonds is 8. The average molecular weight is 534 g/mol. The van der Waals surface area contributed by atoms with E-state index in [-0.39, 0.29) is 11.3 Å². The lowest BCUT2D eigenvalue weighted by molar-refractivity contribution is -0.132. The monoisotopic (exact) mass is 533 g/mol. The van der Waals surface area contributed by atoms with Crippen LogP contribution < -0.4 is 9.64 Å². The molecule has 0 aliphatic carbocycles. The number of Topliss-reactive ketones (excluding diaryl/α,β-unsaturated/α-hetero) is 1. The molecule has 1 amide bonds. The highest BCUT2D eigenvalue weighted by Crippen LogP contribution is 2.45. The molecule has 1 atom stereocenters. The first-order chi connectivity index (χ1) is 18.0. The number of aromatic nitrogens is 2. The molecule has 7 nitrogen and oxygen atoms in total.